The zero-order valence-corrected chi connectivity index (χ0v) is 11.5. The van der Waals surface area contributed by atoms with Crippen molar-refractivity contribution in [3.63, 3.8) is 0 Å². The minimum Gasteiger partial charge on any atom is -0.325 e. The van der Waals surface area contributed by atoms with E-state index in [0.717, 1.165) is 44.6 Å². The van der Waals surface area contributed by atoms with Crippen LogP contribution >= 0.6 is 0 Å². The number of aromatic nitrogens is 3. The fourth-order valence-corrected chi connectivity index (χ4v) is 3.47. The number of fused-ring (bicyclic) bond motifs is 2. The van der Waals surface area contributed by atoms with Crippen molar-refractivity contribution in [1.29, 1.82) is 0 Å². The number of piperidine rings is 1. The van der Waals surface area contributed by atoms with E-state index in [0.29, 0.717) is 0 Å². The van der Waals surface area contributed by atoms with E-state index in [9.17, 15) is 0 Å². The van der Waals surface area contributed by atoms with E-state index in [2.05, 4.69) is 26.3 Å². The Morgan fingerprint density at radius 1 is 1.15 bits per heavy atom. The first-order valence-corrected chi connectivity index (χ1v) is 7.31. The second-order valence-electron chi connectivity index (χ2n) is 5.62. The van der Waals surface area contributed by atoms with Crippen molar-refractivity contribution in [2.24, 2.45) is 0 Å². The van der Waals surface area contributed by atoms with Gasteiger partial charge in [0.1, 0.15) is 5.82 Å². The lowest BCUT2D eigenvalue weighted by Gasteiger charge is -2.41. The van der Waals surface area contributed by atoms with Gasteiger partial charge in [-0.1, -0.05) is 0 Å². The highest BCUT2D eigenvalue weighted by Gasteiger charge is 2.40. The molecule has 0 aliphatic carbocycles. The maximum atomic E-state index is 4.75. The smallest absolute Gasteiger partial charge is 0.129 e. The van der Waals surface area contributed by atoms with Crippen molar-refractivity contribution in [2.75, 3.05) is 19.6 Å². The summed E-state index contributed by atoms with van der Waals surface area (Å²) in [5, 5.41) is 7.16. The lowest BCUT2D eigenvalue weighted by atomic mass is 9.86. The molecule has 4 heterocycles. The molecule has 0 aromatic carbocycles. The van der Waals surface area contributed by atoms with Crippen molar-refractivity contribution >= 4 is 0 Å². The molecule has 0 bridgehead atoms. The van der Waals surface area contributed by atoms with Gasteiger partial charge in [0.2, 0.25) is 0 Å². The molecule has 20 heavy (non-hydrogen) atoms. The van der Waals surface area contributed by atoms with Gasteiger partial charge in [-0.3, -0.25) is 4.98 Å². The Morgan fingerprint density at radius 2 is 2.05 bits per heavy atom. The van der Waals surface area contributed by atoms with Gasteiger partial charge in [-0.05, 0) is 38.1 Å². The summed E-state index contributed by atoms with van der Waals surface area (Å²) in [6, 6.07) is 4.09. The predicted molar refractivity (Wildman–Crippen MR) is 77.2 cm³/mol. The van der Waals surface area contributed by atoms with Gasteiger partial charge in [-0.25, -0.2) is 4.98 Å². The molecule has 5 nitrogen and oxygen atoms in total. The van der Waals surface area contributed by atoms with Crippen LogP contribution in [-0.2, 0) is 12.1 Å². The van der Waals surface area contributed by atoms with E-state index in [1.54, 1.807) is 0 Å². The highest BCUT2D eigenvalue weighted by molar-refractivity contribution is 5.58. The van der Waals surface area contributed by atoms with Gasteiger partial charge in [0.15, 0.2) is 0 Å². The summed E-state index contributed by atoms with van der Waals surface area (Å²) in [5.74, 6) is 1.20. The number of nitrogens with one attached hydrogen (secondary N) is 2. The normalized spacial score (nSPS) is 20.8. The molecule has 5 heteroatoms. The Kier molecular flexibility index (Phi) is 2.82. The molecule has 1 saturated heterocycles. The lowest BCUT2D eigenvalue weighted by molar-refractivity contribution is 0.200. The molecular weight excluding hydrogens is 250 g/mol. The molecule has 2 aromatic heterocycles. The first kappa shape index (κ1) is 12.1. The van der Waals surface area contributed by atoms with Crippen molar-refractivity contribution in [3.8, 4) is 11.3 Å². The zero-order valence-electron chi connectivity index (χ0n) is 11.5. The van der Waals surface area contributed by atoms with Crippen LogP contribution < -0.4 is 10.6 Å². The quantitative estimate of drug-likeness (QED) is 0.815. The van der Waals surface area contributed by atoms with Crippen LogP contribution in [0.2, 0.25) is 0 Å². The average molecular weight is 269 g/mol. The Bertz CT molecular complexity index is 598. The highest BCUT2D eigenvalue weighted by atomic mass is 15.2. The molecule has 0 unspecified atom stereocenters. The standard InChI is InChI=1S/C15H19N5/c1-2-12(10-17-5-1)13-11-18-14-15(3-6-16-7-4-15)19-8-9-20(13)14/h1-2,5,10-11,16,19H,3-4,6-9H2. The molecule has 4 rings (SSSR count). The van der Waals surface area contributed by atoms with Crippen LogP contribution in [0.5, 0.6) is 0 Å². The van der Waals surface area contributed by atoms with Crippen LogP contribution in [0.4, 0.5) is 0 Å². The Labute approximate surface area is 118 Å². The maximum absolute atomic E-state index is 4.75. The molecule has 0 saturated carbocycles. The summed E-state index contributed by atoms with van der Waals surface area (Å²) in [6.07, 6.45) is 7.95. The Balaban J connectivity index is 1.80. The molecule has 2 aromatic rings. The SMILES string of the molecule is c1cncc(-c2cnc3n2CCNC32CCNCC2)c1. The van der Waals surface area contributed by atoms with Crippen LogP contribution in [-0.4, -0.2) is 34.2 Å². The molecule has 0 amide bonds. The van der Waals surface area contributed by atoms with E-state index in [1.165, 1.54) is 11.5 Å². The number of rotatable bonds is 1. The minimum atomic E-state index is 0.0595. The number of hydrogen-bond donors (Lipinski definition) is 2. The summed E-state index contributed by atoms with van der Waals surface area (Å²) in [7, 11) is 0. The summed E-state index contributed by atoms with van der Waals surface area (Å²) in [4.78, 5) is 8.98. The third kappa shape index (κ3) is 1.77. The van der Waals surface area contributed by atoms with Crippen molar-refractivity contribution in [2.45, 2.75) is 24.9 Å². The van der Waals surface area contributed by atoms with Crippen LogP contribution in [0.1, 0.15) is 18.7 Å². The minimum absolute atomic E-state index is 0.0595. The van der Waals surface area contributed by atoms with Crippen LogP contribution in [0.15, 0.2) is 30.7 Å². The number of hydrogen-bond acceptors (Lipinski definition) is 4. The van der Waals surface area contributed by atoms with E-state index in [1.807, 2.05) is 24.7 Å². The molecular formula is C15H19N5. The van der Waals surface area contributed by atoms with Gasteiger partial charge >= 0.3 is 0 Å². The van der Waals surface area contributed by atoms with E-state index in [4.69, 9.17) is 4.98 Å². The van der Waals surface area contributed by atoms with Crippen molar-refractivity contribution < 1.29 is 0 Å². The summed E-state index contributed by atoms with van der Waals surface area (Å²) < 4.78 is 2.37. The van der Waals surface area contributed by atoms with Crippen molar-refractivity contribution in [3.05, 3.63) is 36.5 Å². The first-order chi connectivity index (χ1) is 9.89. The second-order valence-corrected chi connectivity index (χ2v) is 5.62. The maximum Gasteiger partial charge on any atom is 0.129 e. The third-order valence-corrected chi connectivity index (χ3v) is 4.50. The summed E-state index contributed by atoms with van der Waals surface area (Å²) >= 11 is 0. The van der Waals surface area contributed by atoms with Gasteiger partial charge in [0, 0.05) is 31.0 Å². The third-order valence-electron chi connectivity index (χ3n) is 4.50. The van der Waals surface area contributed by atoms with Crippen molar-refractivity contribution in [1.82, 2.24) is 25.2 Å². The predicted octanol–water partition coefficient (Wildman–Crippen LogP) is 1.13. The van der Waals surface area contributed by atoms with Gasteiger partial charge in [0.25, 0.3) is 0 Å². The molecule has 0 atom stereocenters. The lowest BCUT2D eigenvalue weighted by Crippen LogP contribution is -2.55. The molecule has 1 fully saturated rings. The summed E-state index contributed by atoms with van der Waals surface area (Å²) in [5.41, 5.74) is 2.40. The monoisotopic (exact) mass is 269 g/mol. The second kappa shape index (κ2) is 4.68. The highest BCUT2D eigenvalue weighted by Crippen LogP contribution is 2.34. The Morgan fingerprint density at radius 3 is 2.85 bits per heavy atom. The molecule has 2 aliphatic rings. The average Bonchev–Trinajstić information content (AvgIpc) is 2.95. The van der Waals surface area contributed by atoms with Crippen LogP contribution in [0.3, 0.4) is 0 Å². The summed E-state index contributed by atoms with van der Waals surface area (Å²) in [6.45, 7) is 4.11. The van der Waals surface area contributed by atoms with Gasteiger partial charge in [-0.15, -0.1) is 0 Å². The molecule has 1 spiro atoms. The number of imidazole rings is 1. The molecule has 0 radical (unpaired) electrons. The van der Waals surface area contributed by atoms with E-state index in [-0.39, 0.29) is 5.54 Å². The largest absolute Gasteiger partial charge is 0.325 e. The fraction of sp³-hybridized carbons (Fsp3) is 0.467. The number of nitrogens with zero attached hydrogens (tertiary/aromatic N) is 3. The fourth-order valence-electron chi connectivity index (χ4n) is 3.47. The molecule has 104 valence electrons. The zero-order chi connectivity index (χ0) is 13.4. The van der Waals surface area contributed by atoms with Crippen LogP contribution in [0.25, 0.3) is 11.3 Å². The topological polar surface area (TPSA) is 54.8 Å². The molecule has 2 N–H and O–H groups in total. The first-order valence-electron chi connectivity index (χ1n) is 7.31. The van der Waals surface area contributed by atoms with Gasteiger partial charge < -0.3 is 15.2 Å². The van der Waals surface area contributed by atoms with Crippen LogP contribution in [0, 0.1) is 0 Å². The molecule has 2 aliphatic heterocycles. The van der Waals surface area contributed by atoms with Gasteiger partial charge in [0.05, 0.1) is 17.4 Å². The van der Waals surface area contributed by atoms with E-state index < -0.39 is 0 Å². The van der Waals surface area contributed by atoms with Gasteiger partial charge in [-0.2, -0.15) is 0 Å². The Hall–Kier alpha value is -1.72. The van der Waals surface area contributed by atoms with E-state index >= 15 is 0 Å². The number of pyridine rings is 1.